The third-order valence-corrected chi connectivity index (χ3v) is 3.55. The predicted molar refractivity (Wildman–Crippen MR) is 77.1 cm³/mol. The van der Waals surface area contributed by atoms with Crippen molar-refractivity contribution in [1.82, 2.24) is 28.7 Å². The fourth-order valence-electron chi connectivity index (χ4n) is 2.53. The molecule has 7 nitrogen and oxygen atoms in total. The Morgan fingerprint density at radius 2 is 1.95 bits per heavy atom. The fourth-order valence-corrected chi connectivity index (χ4v) is 2.53. The van der Waals surface area contributed by atoms with E-state index in [1.807, 2.05) is 30.3 Å². The molecule has 0 N–H and O–H groups in total. The van der Waals surface area contributed by atoms with E-state index in [-0.39, 0.29) is 5.56 Å². The monoisotopic (exact) mass is 280 g/mol. The Labute approximate surface area is 119 Å². The zero-order valence-corrected chi connectivity index (χ0v) is 11.3. The number of hydrogen-bond acceptors (Lipinski definition) is 4. The normalized spacial score (nSPS) is 11.5. The van der Waals surface area contributed by atoms with Gasteiger partial charge in [0, 0.05) is 7.05 Å². The van der Waals surface area contributed by atoms with E-state index in [0.29, 0.717) is 23.5 Å². The zero-order chi connectivity index (χ0) is 14.4. The molecule has 0 radical (unpaired) electrons. The minimum Gasteiger partial charge on any atom is -0.328 e. The Hall–Kier alpha value is -2.96. The van der Waals surface area contributed by atoms with Crippen LogP contribution in [0.15, 0.2) is 47.8 Å². The quantitative estimate of drug-likeness (QED) is 0.545. The van der Waals surface area contributed by atoms with Gasteiger partial charge in [0.05, 0.1) is 12.9 Å². The number of benzene rings is 1. The van der Waals surface area contributed by atoms with Crippen molar-refractivity contribution < 1.29 is 0 Å². The molecule has 0 saturated carbocycles. The number of aromatic nitrogens is 6. The lowest BCUT2D eigenvalue weighted by Crippen LogP contribution is -2.25. The van der Waals surface area contributed by atoms with E-state index in [4.69, 9.17) is 0 Å². The van der Waals surface area contributed by atoms with Crippen LogP contribution in [0.3, 0.4) is 0 Å². The lowest BCUT2D eigenvalue weighted by Gasteiger charge is -2.08. The Bertz CT molecular complexity index is 995. The van der Waals surface area contributed by atoms with Crippen LogP contribution in [-0.2, 0) is 13.6 Å². The van der Waals surface area contributed by atoms with Crippen LogP contribution in [0.1, 0.15) is 5.56 Å². The molecule has 0 saturated heterocycles. The number of rotatable bonds is 2. The molecular weight excluding hydrogens is 268 g/mol. The highest BCUT2D eigenvalue weighted by Gasteiger charge is 2.15. The van der Waals surface area contributed by atoms with Gasteiger partial charge < -0.3 is 4.57 Å². The first-order valence-electron chi connectivity index (χ1n) is 6.53. The maximum absolute atomic E-state index is 12.7. The highest BCUT2D eigenvalue weighted by molar-refractivity contribution is 5.72. The number of hydrogen-bond donors (Lipinski definition) is 0. The van der Waals surface area contributed by atoms with Crippen molar-refractivity contribution in [1.29, 1.82) is 0 Å². The van der Waals surface area contributed by atoms with Gasteiger partial charge in [-0.1, -0.05) is 30.3 Å². The average Bonchev–Trinajstić information content (AvgIpc) is 3.11. The van der Waals surface area contributed by atoms with Gasteiger partial charge in [0.15, 0.2) is 11.2 Å². The summed E-state index contributed by atoms with van der Waals surface area (Å²) in [6.07, 6.45) is 3.20. The molecule has 0 amide bonds. The van der Waals surface area contributed by atoms with E-state index in [1.54, 1.807) is 33.2 Å². The van der Waals surface area contributed by atoms with Gasteiger partial charge in [-0.3, -0.25) is 9.36 Å². The SMILES string of the molecule is Cn1cnc2c1c(=O)n(Cc1ccccc1)c1nncn21. The topological polar surface area (TPSA) is 70.0 Å². The summed E-state index contributed by atoms with van der Waals surface area (Å²) >= 11 is 0. The Balaban J connectivity index is 2.06. The van der Waals surface area contributed by atoms with Crippen molar-refractivity contribution in [3.05, 3.63) is 58.9 Å². The van der Waals surface area contributed by atoms with Crippen molar-refractivity contribution >= 4 is 16.9 Å². The van der Waals surface area contributed by atoms with Gasteiger partial charge >= 0.3 is 0 Å². The first-order chi connectivity index (χ1) is 10.3. The van der Waals surface area contributed by atoms with Crippen molar-refractivity contribution in [2.24, 2.45) is 7.05 Å². The van der Waals surface area contributed by atoms with E-state index in [0.717, 1.165) is 5.56 Å². The number of imidazole rings is 1. The van der Waals surface area contributed by atoms with Gasteiger partial charge in [0.25, 0.3) is 5.56 Å². The predicted octanol–water partition coefficient (Wildman–Crippen LogP) is 0.826. The number of nitrogens with zero attached hydrogens (tertiary/aromatic N) is 6. The second-order valence-electron chi connectivity index (χ2n) is 4.91. The maximum Gasteiger partial charge on any atom is 0.281 e. The molecule has 1 aromatic carbocycles. The molecule has 104 valence electrons. The van der Waals surface area contributed by atoms with Gasteiger partial charge in [-0.05, 0) is 5.56 Å². The zero-order valence-electron chi connectivity index (χ0n) is 11.3. The van der Waals surface area contributed by atoms with Crippen LogP contribution >= 0.6 is 0 Å². The molecule has 3 aromatic heterocycles. The maximum atomic E-state index is 12.7. The van der Waals surface area contributed by atoms with Gasteiger partial charge in [-0.15, -0.1) is 10.2 Å². The summed E-state index contributed by atoms with van der Waals surface area (Å²) in [5.41, 5.74) is 2.03. The molecule has 0 bridgehead atoms. The molecule has 3 heterocycles. The molecule has 21 heavy (non-hydrogen) atoms. The summed E-state index contributed by atoms with van der Waals surface area (Å²) in [4.78, 5) is 17.0. The number of aryl methyl sites for hydroxylation is 1. The molecular formula is C14H12N6O. The molecule has 0 fully saturated rings. The first kappa shape index (κ1) is 11.8. The fraction of sp³-hybridized carbons (Fsp3) is 0.143. The standard InChI is InChI=1S/C14H12N6O/c1-18-8-15-12-11(18)13(21)19(14-17-16-9-20(12)14)7-10-5-3-2-4-6-10/h2-6,8-9H,7H2,1H3. The summed E-state index contributed by atoms with van der Waals surface area (Å²) in [7, 11) is 1.81. The molecule has 0 aliphatic rings. The molecule has 4 aromatic rings. The van der Waals surface area contributed by atoms with Crippen molar-refractivity contribution in [3.8, 4) is 0 Å². The summed E-state index contributed by atoms with van der Waals surface area (Å²) in [5, 5.41) is 7.97. The minimum absolute atomic E-state index is 0.116. The van der Waals surface area contributed by atoms with Gasteiger partial charge in [-0.2, -0.15) is 0 Å². The van der Waals surface area contributed by atoms with E-state index < -0.39 is 0 Å². The highest BCUT2D eigenvalue weighted by atomic mass is 16.1. The van der Waals surface area contributed by atoms with Crippen LogP contribution in [0, 0.1) is 0 Å². The summed E-state index contributed by atoms with van der Waals surface area (Å²) in [5.74, 6) is 0.495. The molecule has 0 atom stereocenters. The van der Waals surface area contributed by atoms with Crippen LogP contribution in [0.2, 0.25) is 0 Å². The van der Waals surface area contributed by atoms with Crippen LogP contribution < -0.4 is 5.56 Å². The third kappa shape index (κ3) is 1.67. The van der Waals surface area contributed by atoms with Gasteiger partial charge in [0.1, 0.15) is 6.33 Å². The highest BCUT2D eigenvalue weighted by Crippen LogP contribution is 2.11. The minimum atomic E-state index is -0.116. The molecule has 0 unspecified atom stereocenters. The summed E-state index contributed by atoms with van der Waals surface area (Å²) in [6.45, 7) is 0.447. The van der Waals surface area contributed by atoms with Crippen LogP contribution in [0.25, 0.3) is 16.9 Å². The summed E-state index contributed by atoms with van der Waals surface area (Å²) < 4.78 is 5.07. The summed E-state index contributed by atoms with van der Waals surface area (Å²) in [6, 6.07) is 9.80. The van der Waals surface area contributed by atoms with Crippen LogP contribution in [0.4, 0.5) is 0 Å². The van der Waals surface area contributed by atoms with E-state index in [2.05, 4.69) is 15.2 Å². The molecule has 7 heteroatoms. The van der Waals surface area contributed by atoms with E-state index in [1.165, 1.54) is 0 Å². The Morgan fingerprint density at radius 3 is 2.76 bits per heavy atom. The van der Waals surface area contributed by atoms with E-state index >= 15 is 0 Å². The molecule has 4 rings (SSSR count). The smallest absolute Gasteiger partial charge is 0.281 e. The van der Waals surface area contributed by atoms with E-state index in [9.17, 15) is 4.79 Å². The Kier molecular flexibility index (Phi) is 2.41. The van der Waals surface area contributed by atoms with Gasteiger partial charge in [0.2, 0.25) is 5.78 Å². The molecule has 0 aliphatic heterocycles. The second-order valence-corrected chi connectivity index (χ2v) is 4.91. The lowest BCUT2D eigenvalue weighted by molar-refractivity contribution is 0.759. The third-order valence-electron chi connectivity index (χ3n) is 3.55. The largest absolute Gasteiger partial charge is 0.328 e. The van der Waals surface area contributed by atoms with Gasteiger partial charge in [-0.25, -0.2) is 9.38 Å². The van der Waals surface area contributed by atoms with Crippen molar-refractivity contribution in [2.45, 2.75) is 6.54 Å². The second kappa shape index (κ2) is 4.27. The first-order valence-corrected chi connectivity index (χ1v) is 6.53. The lowest BCUT2D eigenvalue weighted by atomic mass is 10.2. The molecule has 0 aliphatic carbocycles. The molecule has 0 spiro atoms. The van der Waals surface area contributed by atoms with Crippen LogP contribution in [0.5, 0.6) is 0 Å². The average molecular weight is 280 g/mol. The number of fused-ring (bicyclic) bond motifs is 3. The van der Waals surface area contributed by atoms with Crippen molar-refractivity contribution in [2.75, 3.05) is 0 Å². The van der Waals surface area contributed by atoms with Crippen molar-refractivity contribution in [3.63, 3.8) is 0 Å². The Morgan fingerprint density at radius 1 is 1.14 bits per heavy atom. The van der Waals surface area contributed by atoms with Crippen LogP contribution in [-0.4, -0.2) is 28.7 Å².